The van der Waals surface area contributed by atoms with Crippen LogP contribution in [-0.2, 0) is 26.2 Å². The Labute approximate surface area is 238 Å². The molecular weight excluding hydrogens is 524 g/mol. The zero-order valence-electron chi connectivity index (χ0n) is 24.1. The Bertz CT molecular complexity index is 1540. The van der Waals surface area contributed by atoms with Crippen LogP contribution in [0.2, 0.25) is 0 Å². The number of phenols is 1. The van der Waals surface area contributed by atoms with E-state index in [-0.39, 0.29) is 35.1 Å². The van der Waals surface area contributed by atoms with E-state index in [0.29, 0.717) is 5.56 Å². The second kappa shape index (κ2) is 9.56. The van der Waals surface area contributed by atoms with Gasteiger partial charge in [-0.3, -0.25) is 19.3 Å². The summed E-state index contributed by atoms with van der Waals surface area (Å²) in [5, 5.41) is 47.6. The Hall–Kier alpha value is -3.95. The number of hydrogen-bond acceptors (Lipinski definition) is 8. The number of rotatable bonds is 3. The van der Waals surface area contributed by atoms with Crippen LogP contribution in [0.1, 0.15) is 43.9 Å². The second-order valence-electron chi connectivity index (χ2n) is 12.5. The molecule has 0 aromatic heterocycles. The SMILES string of the molecule is CNC(=O)C1=C(O)C2(O)C(=O)C3=C(O)c4c(O)ccc(-c5ccc(C(C)(C)C)cc5)c4CC3CC2C(N(C)C)C1=O. The number of fused-ring (bicyclic) bond motifs is 3. The Kier molecular flexibility index (Phi) is 6.67. The first-order valence-corrected chi connectivity index (χ1v) is 13.7. The first-order chi connectivity index (χ1) is 19.1. The molecule has 4 atom stereocenters. The summed E-state index contributed by atoms with van der Waals surface area (Å²) >= 11 is 0. The van der Waals surface area contributed by atoms with Crippen LogP contribution in [0.5, 0.6) is 5.75 Å². The van der Waals surface area contributed by atoms with Crippen molar-refractivity contribution in [2.45, 2.75) is 50.7 Å². The number of ketones is 2. The van der Waals surface area contributed by atoms with Crippen LogP contribution in [-0.4, -0.2) is 75.6 Å². The largest absolute Gasteiger partial charge is 0.508 e. The van der Waals surface area contributed by atoms with E-state index < -0.39 is 58.0 Å². The Morgan fingerprint density at radius 1 is 1.02 bits per heavy atom. The summed E-state index contributed by atoms with van der Waals surface area (Å²) in [4.78, 5) is 41.6. The van der Waals surface area contributed by atoms with Gasteiger partial charge in [0.1, 0.15) is 22.8 Å². The van der Waals surface area contributed by atoms with Crippen LogP contribution in [0.4, 0.5) is 0 Å². The molecule has 0 heterocycles. The lowest BCUT2D eigenvalue weighted by Gasteiger charge is -2.50. The van der Waals surface area contributed by atoms with Gasteiger partial charge in [-0.15, -0.1) is 0 Å². The standard InChI is InChI=1S/C32H36N2O7/c1-31(2,3)17-9-7-15(8-10-17)18-11-12-21(35)23-19(18)13-16-14-20-25(34(5)6)27(37)24(30(40)33-4)29(39)32(20,41)28(38)22(16)26(23)36/h7-12,16,20,25,35-36,39,41H,13-14H2,1-6H3,(H,33,40). The molecule has 4 unspecified atom stereocenters. The normalized spacial score (nSPS) is 26.1. The van der Waals surface area contributed by atoms with Crippen molar-refractivity contribution in [2.24, 2.45) is 11.8 Å². The van der Waals surface area contributed by atoms with Gasteiger partial charge in [-0.25, -0.2) is 0 Å². The molecule has 3 aliphatic rings. The fourth-order valence-electron chi connectivity index (χ4n) is 6.77. The minimum absolute atomic E-state index is 0.0415. The minimum atomic E-state index is -2.61. The summed E-state index contributed by atoms with van der Waals surface area (Å²) in [7, 11) is 4.49. The number of phenolic OH excluding ortho intramolecular Hbond substituents is 1. The first kappa shape index (κ1) is 28.6. The van der Waals surface area contributed by atoms with E-state index in [4.69, 9.17) is 0 Å². The molecule has 3 aliphatic carbocycles. The summed E-state index contributed by atoms with van der Waals surface area (Å²) in [6, 6.07) is 10.2. The number of carbonyl (C=O) groups excluding carboxylic acids is 3. The highest BCUT2D eigenvalue weighted by Crippen LogP contribution is 2.53. The smallest absolute Gasteiger partial charge is 0.258 e. The van der Waals surface area contributed by atoms with Crippen LogP contribution in [0.15, 0.2) is 53.3 Å². The van der Waals surface area contributed by atoms with E-state index in [0.717, 1.165) is 16.7 Å². The van der Waals surface area contributed by atoms with E-state index in [9.17, 15) is 34.8 Å². The molecular formula is C32H36N2O7. The Balaban J connectivity index is 1.70. The van der Waals surface area contributed by atoms with Crippen molar-refractivity contribution in [3.63, 3.8) is 0 Å². The van der Waals surface area contributed by atoms with E-state index >= 15 is 0 Å². The number of nitrogens with one attached hydrogen (secondary N) is 1. The predicted octanol–water partition coefficient (Wildman–Crippen LogP) is 3.19. The number of amides is 1. The van der Waals surface area contributed by atoms with Gasteiger partial charge < -0.3 is 25.7 Å². The number of hydrogen-bond donors (Lipinski definition) is 5. The molecule has 9 nitrogen and oxygen atoms in total. The summed E-state index contributed by atoms with van der Waals surface area (Å²) in [6.45, 7) is 6.37. The molecule has 1 fully saturated rings. The molecule has 41 heavy (non-hydrogen) atoms. The monoisotopic (exact) mass is 560 g/mol. The highest BCUT2D eigenvalue weighted by molar-refractivity contribution is 6.25. The summed E-state index contributed by atoms with van der Waals surface area (Å²) in [5.41, 5.74) is 0.0696. The Morgan fingerprint density at radius 2 is 1.66 bits per heavy atom. The maximum atomic E-state index is 14.1. The number of aliphatic hydroxyl groups is 3. The number of nitrogens with zero attached hydrogens (tertiary/aromatic N) is 1. The van der Waals surface area contributed by atoms with Crippen molar-refractivity contribution < 1.29 is 34.8 Å². The topological polar surface area (TPSA) is 147 Å². The molecule has 0 bridgehead atoms. The van der Waals surface area contributed by atoms with E-state index in [2.05, 4.69) is 26.1 Å². The van der Waals surface area contributed by atoms with Crippen LogP contribution < -0.4 is 5.32 Å². The summed E-state index contributed by atoms with van der Waals surface area (Å²) < 4.78 is 0. The van der Waals surface area contributed by atoms with Gasteiger partial charge >= 0.3 is 0 Å². The van der Waals surface area contributed by atoms with E-state index in [1.165, 1.54) is 18.0 Å². The molecule has 5 rings (SSSR count). The number of aromatic hydroxyl groups is 1. The molecule has 2 aromatic carbocycles. The van der Waals surface area contributed by atoms with Crippen LogP contribution in [0, 0.1) is 11.8 Å². The molecule has 1 amide bonds. The molecule has 2 aromatic rings. The van der Waals surface area contributed by atoms with Gasteiger partial charge in [0.25, 0.3) is 5.91 Å². The molecule has 9 heteroatoms. The second-order valence-corrected chi connectivity index (χ2v) is 12.5. The fourth-order valence-corrected chi connectivity index (χ4v) is 6.77. The number of benzene rings is 2. The number of aliphatic hydroxyl groups excluding tert-OH is 2. The van der Waals surface area contributed by atoms with Crippen LogP contribution >= 0.6 is 0 Å². The molecule has 0 radical (unpaired) electrons. The molecule has 1 saturated carbocycles. The van der Waals surface area contributed by atoms with Crippen molar-refractivity contribution in [2.75, 3.05) is 21.1 Å². The fraction of sp³-hybridized carbons (Fsp3) is 0.406. The highest BCUT2D eigenvalue weighted by atomic mass is 16.3. The lowest BCUT2D eigenvalue weighted by molar-refractivity contribution is -0.153. The molecule has 0 aliphatic heterocycles. The molecule has 5 N–H and O–H groups in total. The van der Waals surface area contributed by atoms with Gasteiger partial charge in [-0.1, -0.05) is 51.1 Å². The summed E-state index contributed by atoms with van der Waals surface area (Å²) in [5.74, 6) is -6.02. The number of likely N-dealkylation sites (N-methyl/N-ethyl adjacent to an activating group) is 2. The number of Topliss-reactive ketones (excluding diaryl/α,β-unsaturated/α-hetero) is 2. The van der Waals surface area contributed by atoms with Crippen molar-refractivity contribution in [3.05, 3.63) is 70.0 Å². The number of carbonyl (C=O) groups is 3. The predicted molar refractivity (Wildman–Crippen MR) is 153 cm³/mol. The zero-order chi connectivity index (χ0) is 30.2. The first-order valence-electron chi connectivity index (χ1n) is 13.7. The summed E-state index contributed by atoms with van der Waals surface area (Å²) in [6.07, 6.45) is 0.317. The van der Waals surface area contributed by atoms with Gasteiger partial charge in [-0.2, -0.15) is 0 Å². The minimum Gasteiger partial charge on any atom is -0.508 e. The van der Waals surface area contributed by atoms with Crippen molar-refractivity contribution >= 4 is 23.2 Å². The third-order valence-corrected chi connectivity index (χ3v) is 8.87. The van der Waals surface area contributed by atoms with Crippen LogP contribution in [0.3, 0.4) is 0 Å². The maximum Gasteiger partial charge on any atom is 0.258 e. The van der Waals surface area contributed by atoms with Crippen LogP contribution in [0.25, 0.3) is 16.9 Å². The zero-order valence-corrected chi connectivity index (χ0v) is 24.1. The molecule has 0 saturated heterocycles. The van der Waals surface area contributed by atoms with Gasteiger partial charge in [0.05, 0.1) is 11.6 Å². The quantitative estimate of drug-likeness (QED) is 0.360. The maximum absolute atomic E-state index is 14.1. The molecule has 216 valence electrons. The van der Waals surface area contributed by atoms with Gasteiger partial charge in [0.2, 0.25) is 5.78 Å². The average molecular weight is 561 g/mol. The third kappa shape index (κ3) is 4.09. The van der Waals surface area contributed by atoms with Crippen molar-refractivity contribution in [3.8, 4) is 16.9 Å². The van der Waals surface area contributed by atoms with E-state index in [1.54, 1.807) is 20.2 Å². The van der Waals surface area contributed by atoms with Gasteiger partial charge in [0, 0.05) is 18.5 Å². The lowest BCUT2D eigenvalue weighted by atomic mass is 9.57. The third-order valence-electron chi connectivity index (χ3n) is 8.87. The Morgan fingerprint density at radius 3 is 2.22 bits per heavy atom. The van der Waals surface area contributed by atoms with Crippen molar-refractivity contribution in [1.29, 1.82) is 0 Å². The van der Waals surface area contributed by atoms with Gasteiger partial charge in [0.15, 0.2) is 11.4 Å². The molecule has 0 spiro atoms. The van der Waals surface area contributed by atoms with E-state index in [1.807, 2.05) is 24.3 Å². The van der Waals surface area contributed by atoms with Crippen molar-refractivity contribution in [1.82, 2.24) is 10.2 Å². The van der Waals surface area contributed by atoms with Gasteiger partial charge in [-0.05, 0) is 66.6 Å². The highest BCUT2D eigenvalue weighted by Gasteiger charge is 2.64. The lowest BCUT2D eigenvalue weighted by Crippen LogP contribution is -2.65. The average Bonchev–Trinajstić information content (AvgIpc) is 2.90.